The molecular formula is C22H28N2O5. The van der Waals surface area contributed by atoms with Crippen LogP contribution in [0.2, 0.25) is 0 Å². The van der Waals surface area contributed by atoms with Crippen LogP contribution in [0.4, 0.5) is 0 Å². The van der Waals surface area contributed by atoms with Gasteiger partial charge in [-0.15, -0.1) is 0 Å². The molecule has 1 atom stereocenters. The molecule has 0 spiro atoms. The molecule has 0 unspecified atom stereocenters. The molecule has 0 aliphatic carbocycles. The van der Waals surface area contributed by atoms with E-state index in [0.717, 1.165) is 16.0 Å². The van der Waals surface area contributed by atoms with E-state index in [4.69, 9.17) is 9.47 Å². The van der Waals surface area contributed by atoms with Crippen molar-refractivity contribution in [3.05, 3.63) is 58.3 Å². The fraction of sp³-hybridized carbons (Fsp3) is 0.500. The van der Waals surface area contributed by atoms with E-state index < -0.39 is 29.6 Å². The van der Waals surface area contributed by atoms with Gasteiger partial charge in [-0.1, -0.05) is 44.2 Å². The zero-order valence-electron chi connectivity index (χ0n) is 17.8. The van der Waals surface area contributed by atoms with E-state index in [0.29, 0.717) is 18.1 Å². The van der Waals surface area contributed by atoms with Crippen molar-refractivity contribution in [2.75, 3.05) is 0 Å². The lowest BCUT2D eigenvalue weighted by atomic mass is 9.81. The van der Waals surface area contributed by atoms with Crippen LogP contribution in [0.25, 0.3) is 0 Å². The van der Waals surface area contributed by atoms with Crippen molar-refractivity contribution in [1.82, 2.24) is 4.57 Å². The summed E-state index contributed by atoms with van der Waals surface area (Å²) in [5.41, 5.74) is 2.35. The number of hydrogen-bond donors (Lipinski definition) is 0. The van der Waals surface area contributed by atoms with Gasteiger partial charge in [-0.25, -0.2) is 9.30 Å². The first-order chi connectivity index (χ1) is 13.5. The average Bonchev–Trinajstić information content (AvgIpc) is 2.82. The van der Waals surface area contributed by atoms with Gasteiger partial charge in [0.15, 0.2) is 5.92 Å². The number of esters is 2. The Kier molecular flexibility index (Phi) is 5.43. The number of aromatic nitrogens is 2. The summed E-state index contributed by atoms with van der Waals surface area (Å²) in [4.78, 5) is 25.5. The Bertz CT molecular complexity index is 910. The summed E-state index contributed by atoms with van der Waals surface area (Å²) in [7, 11) is 0. The van der Waals surface area contributed by atoms with Crippen molar-refractivity contribution in [2.45, 2.75) is 59.8 Å². The quantitative estimate of drug-likeness (QED) is 0.333. The molecule has 7 heteroatoms. The van der Waals surface area contributed by atoms with Crippen molar-refractivity contribution in [3.63, 3.8) is 0 Å². The maximum atomic E-state index is 13.1. The van der Waals surface area contributed by atoms with Gasteiger partial charge in [-0.2, -0.15) is 0 Å². The molecule has 1 aliphatic heterocycles. The fourth-order valence-electron chi connectivity index (χ4n) is 3.93. The zero-order valence-corrected chi connectivity index (χ0v) is 17.8. The number of carbonyl (C=O) groups is 2. The van der Waals surface area contributed by atoms with E-state index in [1.807, 2.05) is 55.7 Å². The van der Waals surface area contributed by atoms with Gasteiger partial charge in [-0.05, 0) is 11.5 Å². The molecule has 0 amide bonds. The third-order valence-electron chi connectivity index (χ3n) is 5.48. The van der Waals surface area contributed by atoms with Crippen molar-refractivity contribution in [2.24, 2.45) is 11.8 Å². The third kappa shape index (κ3) is 3.86. The minimum Gasteiger partial charge on any atom is -0.711 e. The molecule has 3 rings (SSSR count). The van der Waals surface area contributed by atoms with Gasteiger partial charge >= 0.3 is 11.9 Å². The highest BCUT2D eigenvalue weighted by atomic mass is 16.7. The highest BCUT2D eigenvalue weighted by Gasteiger charge is 2.52. The summed E-state index contributed by atoms with van der Waals surface area (Å²) in [6.07, 6.45) is 0. The van der Waals surface area contributed by atoms with Crippen molar-refractivity contribution in [1.29, 1.82) is 0 Å². The van der Waals surface area contributed by atoms with E-state index in [1.54, 1.807) is 6.92 Å². The van der Waals surface area contributed by atoms with Crippen molar-refractivity contribution < 1.29 is 23.8 Å². The minimum absolute atomic E-state index is 0.176. The summed E-state index contributed by atoms with van der Waals surface area (Å²) in [5, 5.41) is 13.1. The molecule has 2 aromatic rings. The van der Waals surface area contributed by atoms with Gasteiger partial charge in [0.1, 0.15) is 17.9 Å². The number of hydrogen-bond acceptors (Lipinski definition) is 5. The van der Waals surface area contributed by atoms with Gasteiger partial charge in [0.25, 0.3) is 11.6 Å². The Hall–Kier alpha value is -2.83. The first-order valence-corrected chi connectivity index (χ1v) is 9.82. The van der Waals surface area contributed by atoms with Crippen LogP contribution < -0.4 is 4.73 Å². The molecule has 0 radical (unpaired) electrons. The van der Waals surface area contributed by atoms with E-state index in [1.165, 1.54) is 13.8 Å². The van der Waals surface area contributed by atoms with Crippen LogP contribution in [0.15, 0.2) is 30.3 Å². The number of benzene rings is 1. The lowest BCUT2D eigenvalue weighted by Gasteiger charge is -2.36. The highest BCUT2D eigenvalue weighted by molar-refractivity contribution is 5.97. The topological polar surface area (TPSA) is 84.5 Å². The molecular weight excluding hydrogens is 372 g/mol. The predicted molar refractivity (Wildman–Crippen MR) is 106 cm³/mol. The second-order valence-corrected chi connectivity index (χ2v) is 8.38. The van der Waals surface area contributed by atoms with Crippen LogP contribution >= 0.6 is 0 Å². The summed E-state index contributed by atoms with van der Waals surface area (Å²) in [5.74, 6) is -4.30. The summed E-state index contributed by atoms with van der Waals surface area (Å²) < 4.78 is 13.4. The van der Waals surface area contributed by atoms with Crippen LogP contribution in [-0.2, 0) is 25.6 Å². The Morgan fingerprint density at radius 1 is 1.10 bits per heavy atom. The van der Waals surface area contributed by atoms with E-state index in [2.05, 4.69) is 0 Å². The number of cyclic esters (lactones) is 2. The van der Waals surface area contributed by atoms with Crippen LogP contribution in [-0.4, -0.2) is 22.3 Å². The molecule has 0 bridgehead atoms. The van der Waals surface area contributed by atoms with Crippen LogP contribution in [0.5, 0.6) is 0 Å². The number of carbonyl (C=O) groups excluding carboxylic acids is 2. The standard InChI is InChI=1S/C22H28N2O5/c1-13(2)17(18-20(25)28-22(5,6)29-21(18)26)19-23(14(3)15(4)24(19)27)12-16-10-8-7-9-11-16/h7-11,13,17-18H,12H2,1-6H3/t17-/m1/s1. The molecule has 7 nitrogen and oxygen atoms in total. The van der Waals surface area contributed by atoms with E-state index in [-0.39, 0.29) is 5.92 Å². The summed E-state index contributed by atoms with van der Waals surface area (Å²) in [6, 6.07) is 9.75. The number of nitrogens with zero attached hydrogens (tertiary/aromatic N) is 2. The molecule has 1 aliphatic rings. The highest BCUT2D eigenvalue weighted by Crippen LogP contribution is 2.38. The largest absolute Gasteiger partial charge is 0.711 e. The maximum absolute atomic E-state index is 13.1. The van der Waals surface area contributed by atoms with Crippen LogP contribution in [0.3, 0.4) is 0 Å². The molecule has 1 fully saturated rings. The molecule has 29 heavy (non-hydrogen) atoms. The normalized spacial score (nSPS) is 17.9. The Balaban J connectivity index is 2.12. The van der Waals surface area contributed by atoms with E-state index in [9.17, 15) is 14.8 Å². The van der Waals surface area contributed by atoms with Gasteiger partial charge in [0.05, 0.1) is 5.92 Å². The van der Waals surface area contributed by atoms with Gasteiger partial charge in [-0.3, -0.25) is 9.59 Å². The number of imidazole rings is 1. The summed E-state index contributed by atoms with van der Waals surface area (Å²) in [6.45, 7) is 10.9. The monoisotopic (exact) mass is 400 g/mol. The first kappa shape index (κ1) is 20.9. The molecule has 1 aromatic carbocycles. The minimum atomic E-state index is -1.31. The molecule has 0 N–H and O–H groups in total. The number of rotatable bonds is 5. The van der Waals surface area contributed by atoms with Gasteiger partial charge in [0.2, 0.25) is 0 Å². The maximum Gasteiger partial charge on any atom is 0.324 e. The van der Waals surface area contributed by atoms with Crippen molar-refractivity contribution in [3.8, 4) is 0 Å². The Labute approximate surface area is 170 Å². The molecule has 0 saturated carbocycles. The second-order valence-electron chi connectivity index (χ2n) is 8.38. The molecule has 1 aromatic heterocycles. The zero-order chi connectivity index (χ0) is 21.5. The predicted octanol–water partition coefficient (Wildman–Crippen LogP) is 2.98. The number of ether oxygens (including phenoxy) is 2. The molecule has 156 valence electrons. The first-order valence-electron chi connectivity index (χ1n) is 9.82. The smallest absolute Gasteiger partial charge is 0.324 e. The summed E-state index contributed by atoms with van der Waals surface area (Å²) >= 11 is 0. The fourth-order valence-corrected chi connectivity index (χ4v) is 3.93. The molecule has 2 heterocycles. The Morgan fingerprint density at radius 3 is 2.17 bits per heavy atom. The third-order valence-corrected chi connectivity index (χ3v) is 5.48. The van der Waals surface area contributed by atoms with Gasteiger partial charge < -0.3 is 14.7 Å². The lowest BCUT2D eigenvalue weighted by Crippen LogP contribution is -2.51. The lowest BCUT2D eigenvalue weighted by molar-refractivity contribution is -0.622. The van der Waals surface area contributed by atoms with Crippen LogP contribution in [0.1, 0.15) is 56.4 Å². The molecule has 1 saturated heterocycles. The van der Waals surface area contributed by atoms with E-state index >= 15 is 0 Å². The average molecular weight is 400 g/mol. The van der Waals surface area contributed by atoms with Crippen LogP contribution in [0, 0.1) is 30.9 Å². The van der Waals surface area contributed by atoms with Crippen molar-refractivity contribution >= 4 is 11.9 Å². The van der Waals surface area contributed by atoms with Gasteiger partial charge in [0, 0.05) is 27.7 Å². The Morgan fingerprint density at radius 2 is 1.66 bits per heavy atom. The SMILES string of the molecule is Cc1c(C)[n+]([O-])c([C@H](C(C)C)C2C(=O)OC(C)(C)OC2=O)n1Cc1ccccc1. The second kappa shape index (κ2) is 7.54.